The Hall–Kier alpha value is -1.88. The van der Waals surface area contributed by atoms with Crippen LogP contribution in [0.4, 0.5) is 5.82 Å². The Kier molecular flexibility index (Phi) is 10.5. The molecule has 1 fully saturated rings. The van der Waals surface area contributed by atoms with Gasteiger partial charge in [0.25, 0.3) is 0 Å². The van der Waals surface area contributed by atoms with Crippen LogP contribution in [0.15, 0.2) is 40.1 Å². The second-order valence-corrected chi connectivity index (χ2v) is 8.46. The van der Waals surface area contributed by atoms with E-state index in [1.807, 2.05) is 12.3 Å². The number of halogens is 1. The number of guanidine groups is 1. The summed E-state index contributed by atoms with van der Waals surface area (Å²) < 4.78 is 0. The van der Waals surface area contributed by atoms with Crippen molar-refractivity contribution in [2.75, 3.05) is 31.1 Å². The van der Waals surface area contributed by atoms with Gasteiger partial charge in [-0.25, -0.2) is 9.98 Å². The summed E-state index contributed by atoms with van der Waals surface area (Å²) in [6.45, 7) is 8.03. The molecule has 4 N–H and O–H groups in total. The molecule has 7 nitrogen and oxygen atoms in total. The van der Waals surface area contributed by atoms with Gasteiger partial charge in [-0.15, -0.1) is 24.0 Å². The van der Waals surface area contributed by atoms with Crippen molar-refractivity contribution in [2.24, 2.45) is 16.6 Å². The monoisotopic (exact) mass is 556 g/mol. The molecule has 2 aromatic rings. The molecule has 0 aliphatic carbocycles. The van der Waals surface area contributed by atoms with E-state index in [2.05, 4.69) is 57.3 Å². The molecule has 1 aliphatic rings. The maximum Gasteiger partial charge on any atom is 0.220 e. The number of primary amides is 1. The molecule has 1 saturated heterocycles. The van der Waals surface area contributed by atoms with Crippen molar-refractivity contribution >= 4 is 53.0 Å². The number of pyridine rings is 1. The lowest BCUT2D eigenvalue weighted by Crippen LogP contribution is -2.40. The summed E-state index contributed by atoms with van der Waals surface area (Å²) in [4.78, 5) is 23.1. The standard InChI is InChI=1S/C22H32N6OS.HI/c1-3-24-22(26-13-16(2)19-8-12-30-15-19)27-14-18-5-4-9-25-21(18)28-10-6-17(7-11-28)20(23)29;/h4-5,8-9,12,15-17H,3,6-7,10-11,13-14H2,1-2H3,(H2,23,29)(H2,24,26,27);1H. The van der Waals surface area contributed by atoms with Crippen LogP contribution in [0.1, 0.15) is 43.7 Å². The highest BCUT2D eigenvalue weighted by Crippen LogP contribution is 2.25. The van der Waals surface area contributed by atoms with Crippen molar-refractivity contribution < 1.29 is 4.79 Å². The summed E-state index contributed by atoms with van der Waals surface area (Å²) in [7, 11) is 0. The average Bonchev–Trinajstić information content (AvgIpc) is 3.31. The van der Waals surface area contributed by atoms with Crippen LogP contribution in [0, 0.1) is 5.92 Å². The smallest absolute Gasteiger partial charge is 0.220 e. The van der Waals surface area contributed by atoms with Crippen LogP contribution in [0.2, 0.25) is 0 Å². The number of nitrogens with one attached hydrogen (secondary N) is 2. The molecule has 3 heterocycles. The first-order valence-corrected chi connectivity index (χ1v) is 11.5. The first-order chi connectivity index (χ1) is 14.6. The fraction of sp³-hybridized carbons (Fsp3) is 0.500. The van der Waals surface area contributed by atoms with Crippen LogP contribution < -0.4 is 21.3 Å². The molecule has 1 aliphatic heterocycles. The summed E-state index contributed by atoms with van der Waals surface area (Å²) in [5, 5.41) is 11.1. The third kappa shape index (κ3) is 7.34. The number of aromatic nitrogens is 1. The number of aliphatic imine (C=N–C) groups is 1. The zero-order valence-electron chi connectivity index (χ0n) is 18.2. The van der Waals surface area contributed by atoms with Crippen molar-refractivity contribution in [3.63, 3.8) is 0 Å². The second kappa shape index (κ2) is 12.8. The number of amides is 1. The normalized spacial score (nSPS) is 15.8. The lowest BCUT2D eigenvalue weighted by atomic mass is 9.96. The average molecular weight is 557 g/mol. The van der Waals surface area contributed by atoms with E-state index in [-0.39, 0.29) is 35.8 Å². The molecule has 170 valence electrons. The number of piperidine rings is 1. The Labute approximate surface area is 205 Å². The Bertz CT molecular complexity index is 836. The fourth-order valence-corrected chi connectivity index (χ4v) is 4.43. The molecule has 0 bridgehead atoms. The number of nitrogens with two attached hydrogens (primary N) is 1. The Morgan fingerprint density at radius 3 is 2.77 bits per heavy atom. The van der Waals surface area contributed by atoms with Crippen molar-refractivity contribution in [3.05, 3.63) is 46.3 Å². The van der Waals surface area contributed by atoms with Crippen LogP contribution in [-0.4, -0.2) is 43.0 Å². The largest absolute Gasteiger partial charge is 0.369 e. The van der Waals surface area contributed by atoms with Crippen LogP contribution >= 0.6 is 35.3 Å². The van der Waals surface area contributed by atoms with Crippen molar-refractivity contribution in [2.45, 2.75) is 39.2 Å². The minimum absolute atomic E-state index is 0. The number of anilines is 1. The Morgan fingerprint density at radius 2 is 2.13 bits per heavy atom. The van der Waals surface area contributed by atoms with E-state index in [1.54, 1.807) is 11.3 Å². The van der Waals surface area contributed by atoms with Gasteiger partial charge in [0.1, 0.15) is 5.82 Å². The molecule has 0 spiro atoms. The van der Waals surface area contributed by atoms with Crippen LogP contribution in [-0.2, 0) is 11.3 Å². The molecule has 1 atom stereocenters. The summed E-state index contributed by atoms with van der Waals surface area (Å²) in [6, 6.07) is 6.19. The van der Waals surface area contributed by atoms with E-state index in [1.165, 1.54) is 5.56 Å². The summed E-state index contributed by atoms with van der Waals surface area (Å²) >= 11 is 1.73. The predicted octanol–water partition coefficient (Wildman–Crippen LogP) is 3.32. The highest BCUT2D eigenvalue weighted by Gasteiger charge is 2.24. The number of hydrogen-bond acceptors (Lipinski definition) is 5. The van der Waals surface area contributed by atoms with E-state index >= 15 is 0 Å². The van der Waals surface area contributed by atoms with E-state index < -0.39 is 0 Å². The third-order valence-corrected chi connectivity index (χ3v) is 6.21. The highest BCUT2D eigenvalue weighted by molar-refractivity contribution is 14.0. The molecular formula is C22H33IN6OS. The number of carbonyl (C=O) groups is 1. The van der Waals surface area contributed by atoms with Crippen molar-refractivity contribution in [3.8, 4) is 0 Å². The molecule has 1 amide bonds. The molecule has 1 unspecified atom stereocenters. The van der Waals surface area contributed by atoms with Gasteiger partial charge in [-0.2, -0.15) is 11.3 Å². The summed E-state index contributed by atoms with van der Waals surface area (Å²) in [6.07, 6.45) is 3.37. The quantitative estimate of drug-likeness (QED) is 0.264. The minimum Gasteiger partial charge on any atom is -0.369 e. The van der Waals surface area contributed by atoms with Gasteiger partial charge < -0.3 is 21.3 Å². The van der Waals surface area contributed by atoms with Gasteiger partial charge in [-0.1, -0.05) is 13.0 Å². The van der Waals surface area contributed by atoms with Gasteiger partial charge >= 0.3 is 0 Å². The first kappa shape index (κ1) is 25.4. The van der Waals surface area contributed by atoms with Crippen molar-refractivity contribution in [1.29, 1.82) is 0 Å². The lowest BCUT2D eigenvalue weighted by Gasteiger charge is -2.32. The fourth-order valence-electron chi connectivity index (χ4n) is 3.64. The van der Waals surface area contributed by atoms with Crippen LogP contribution in [0.5, 0.6) is 0 Å². The second-order valence-electron chi connectivity index (χ2n) is 7.68. The molecule has 0 aromatic carbocycles. The number of thiophene rings is 1. The Morgan fingerprint density at radius 1 is 1.35 bits per heavy atom. The number of rotatable bonds is 8. The van der Waals surface area contributed by atoms with Gasteiger partial charge in [0.15, 0.2) is 5.96 Å². The minimum atomic E-state index is -0.196. The number of carbonyl (C=O) groups excluding carboxylic acids is 1. The molecule has 3 rings (SSSR count). The summed E-state index contributed by atoms with van der Waals surface area (Å²) in [5.41, 5.74) is 7.89. The van der Waals surface area contributed by atoms with Gasteiger partial charge in [-0.05, 0) is 54.1 Å². The van der Waals surface area contributed by atoms with Gasteiger partial charge in [-0.3, -0.25) is 4.79 Å². The molecular weight excluding hydrogens is 523 g/mol. The molecule has 0 saturated carbocycles. The summed E-state index contributed by atoms with van der Waals surface area (Å²) in [5.74, 6) is 1.95. The topological polar surface area (TPSA) is 95.6 Å². The zero-order chi connectivity index (χ0) is 21.3. The number of hydrogen-bond donors (Lipinski definition) is 3. The third-order valence-electron chi connectivity index (χ3n) is 5.50. The van der Waals surface area contributed by atoms with E-state index in [0.717, 1.165) is 56.4 Å². The van der Waals surface area contributed by atoms with Crippen LogP contribution in [0.3, 0.4) is 0 Å². The predicted molar refractivity (Wildman–Crippen MR) is 139 cm³/mol. The molecule has 9 heteroatoms. The van der Waals surface area contributed by atoms with Gasteiger partial charge in [0, 0.05) is 43.9 Å². The van der Waals surface area contributed by atoms with E-state index in [4.69, 9.17) is 10.7 Å². The highest BCUT2D eigenvalue weighted by atomic mass is 127. The van der Waals surface area contributed by atoms with E-state index in [0.29, 0.717) is 12.5 Å². The van der Waals surface area contributed by atoms with Crippen LogP contribution in [0.25, 0.3) is 0 Å². The lowest BCUT2D eigenvalue weighted by molar-refractivity contribution is -0.122. The van der Waals surface area contributed by atoms with Gasteiger partial charge in [0.2, 0.25) is 5.91 Å². The SMILES string of the molecule is CCNC(=NCc1cccnc1N1CCC(C(N)=O)CC1)NCC(C)c1ccsc1.I. The van der Waals surface area contributed by atoms with E-state index in [9.17, 15) is 4.79 Å². The molecule has 2 aromatic heterocycles. The van der Waals surface area contributed by atoms with Gasteiger partial charge in [0.05, 0.1) is 6.54 Å². The maximum absolute atomic E-state index is 11.4. The first-order valence-electron chi connectivity index (χ1n) is 10.6. The maximum atomic E-state index is 11.4. The zero-order valence-corrected chi connectivity index (χ0v) is 21.4. The van der Waals surface area contributed by atoms with Crippen molar-refractivity contribution in [1.82, 2.24) is 15.6 Å². The Balaban J connectivity index is 0.00000341. The number of nitrogens with zero attached hydrogens (tertiary/aromatic N) is 3. The molecule has 0 radical (unpaired) electrons. The molecule has 31 heavy (non-hydrogen) atoms.